The summed E-state index contributed by atoms with van der Waals surface area (Å²) in [7, 11) is 0. The molecule has 1 aliphatic heterocycles. The molecular weight excluding hydrogens is 534 g/mol. The molecule has 4 atom stereocenters. The van der Waals surface area contributed by atoms with Gasteiger partial charge in [-0.05, 0) is 37.3 Å². The van der Waals surface area contributed by atoms with E-state index in [1.165, 1.54) is 4.90 Å². The summed E-state index contributed by atoms with van der Waals surface area (Å²) in [5.74, 6) is -4.02. The van der Waals surface area contributed by atoms with Crippen molar-refractivity contribution in [2.24, 2.45) is 27.9 Å². The Morgan fingerprint density at radius 3 is 2.51 bits per heavy atom. The van der Waals surface area contributed by atoms with Gasteiger partial charge in [-0.3, -0.25) is 24.2 Å². The van der Waals surface area contributed by atoms with Crippen LogP contribution in [-0.2, 0) is 30.4 Å². The lowest BCUT2D eigenvalue weighted by Gasteiger charge is -2.28. The fourth-order valence-electron chi connectivity index (χ4n) is 4.85. The van der Waals surface area contributed by atoms with Gasteiger partial charge in [-0.15, -0.1) is 0 Å². The maximum atomic E-state index is 13.4. The summed E-state index contributed by atoms with van der Waals surface area (Å²) in [4.78, 5) is 71.1. The minimum atomic E-state index is -1.25. The smallest absolute Gasteiger partial charge is 0.326 e. The largest absolute Gasteiger partial charge is 0.480 e. The first kappa shape index (κ1) is 30.9. The van der Waals surface area contributed by atoms with Gasteiger partial charge in [0.2, 0.25) is 23.6 Å². The summed E-state index contributed by atoms with van der Waals surface area (Å²) in [5, 5.41) is 15.8. The maximum Gasteiger partial charge on any atom is 0.326 e. The first-order valence-corrected chi connectivity index (χ1v) is 13.3. The van der Waals surface area contributed by atoms with Gasteiger partial charge in [-0.25, -0.2) is 4.79 Å². The average Bonchev–Trinajstić information content (AvgIpc) is 3.56. The Morgan fingerprint density at radius 2 is 1.83 bits per heavy atom. The number of para-hydroxylation sites is 1. The lowest BCUT2D eigenvalue weighted by molar-refractivity contribution is -0.143. The van der Waals surface area contributed by atoms with Crippen molar-refractivity contribution in [2.45, 2.75) is 62.7 Å². The second kappa shape index (κ2) is 14.1. The number of guanidine groups is 1. The van der Waals surface area contributed by atoms with Gasteiger partial charge >= 0.3 is 5.97 Å². The number of carboxylic acids is 1. The van der Waals surface area contributed by atoms with E-state index in [4.69, 9.17) is 22.9 Å². The molecule has 0 radical (unpaired) electrons. The molecule has 1 aliphatic rings. The molecule has 4 unspecified atom stereocenters. The van der Waals surface area contributed by atoms with Crippen molar-refractivity contribution in [3.05, 3.63) is 36.0 Å². The molecule has 222 valence electrons. The monoisotopic (exact) mass is 571 g/mol. The van der Waals surface area contributed by atoms with Crippen LogP contribution in [0.2, 0.25) is 0 Å². The molecule has 1 aromatic heterocycles. The van der Waals surface area contributed by atoms with E-state index in [1.54, 1.807) is 6.20 Å². The standard InChI is InChI=1S/C26H37N9O6/c27-16(12-21(28)36)24(39)35-10-4-8-20(35)23(38)34-19(11-14-13-32-17-6-2-1-5-15(14)17)22(37)33-18(25(40)41)7-3-9-31-26(29)30/h1-2,5-6,13,16,18-20,32H,3-4,7-12,27H2,(H2,28,36)(H,33,37)(H,34,38)(H,40,41)(H4,29,30,31). The van der Waals surface area contributed by atoms with Crippen molar-refractivity contribution >= 4 is 46.5 Å². The Labute approximate surface area is 236 Å². The van der Waals surface area contributed by atoms with Crippen molar-refractivity contribution in [3.8, 4) is 0 Å². The predicted octanol–water partition coefficient (Wildman–Crippen LogP) is -1.99. The van der Waals surface area contributed by atoms with Crippen LogP contribution >= 0.6 is 0 Å². The van der Waals surface area contributed by atoms with E-state index in [0.717, 1.165) is 16.5 Å². The van der Waals surface area contributed by atoms with Crippen molar-refractivity contribution < 1.29 is 29.1 Å². The van der Waals surface area contributed by atoms with Crippen LogP contribution in [-0.4, -0.2) is 87.8 Å². The number of primary amides is 1. The average molecular weight is 572 g/mol. The van der Waals surface area contributed by atoms with Crippen molar-refractivity contribution in [2.75, 3.05) is 13.1 Å². The van der Waals surface area contributed by atoms with Crippen molar-refractivity contribution in [3.63, 3.8) is 0 Å². The highest BCUT2D eigenvalue weighted by atomic mass is 16.4. The molecule has 2 heterocycles. The Morgan fingerprint density at radius 1 is 1.10 bits per heavy atom. The number of hydrogen-bond acceptors (Lipinski definition) is 7. The quantitative estimate of drug-likeness (QED) is 0.0707. The number of nitrogens with one attached hydrogen (secondary N) is 3. The highest BCUT2D eigenvalue weighted by Crippen LogP contribution is 2.21. The highest BCUT2D eigenvalue weighted by Gasteiger charge is 2.38. The molecule has 1 saturated heterocycles. The number of likely N-dealkylation sites (tertiary alicyclic amines) is 1. The molecule has 1 fully saturated rings. The van der Waals surface area contributed by atoms with Gasteiger partial charge in [0, 0.05) is 36.6 Å². The van der Waals surface area contributed by atoms with Gasteiger partial charge in [-0.1, -0.05) is 18.2 Å². The number of aromatic amines is 1. The van der Waals surface area contributed by atoms with E-state index in [-0.39, 0.29) is 38.3 Å². The maximum absolute atomic E-state index is 13.4. The number of carbonyl (C=O) groups excluding carboxylic acids is 4. The number of aliphatic carboxylic acids is 1. The molecule has 0 bridgehead atoms. The van der Waals surface area contributed by atoms with Crippen LogP contribution in [0.15, 0.2) is 35.5 Å². The summed E-state index contributed by atoms with van der Waals surface area (Å²) >= 11 is 0. The number of aliphatic imine (C=N–C) groups is 1. The van der Waals surface area contributed by atoms with E-state index in [1.807, 2.05) is 24.3 Å². The molecule has 0 aliphatic carbocycles. The number of H-pyrrole nitrogens is 1. The lowest BCUT2D eigenvalue weighted by atomic mass is 10.0. The Bertz CT molecular complexity index is 1310. The third kappa shape index (κ3) is 8.41. The number of aromatic nitrogens is 1. The molecule has 15 nitrogen and oxygen atoms in total. The molecule has 41 heavy (non-hydrogen) atoms. The number of carbonyl (C=O) groups is 5. The number of carboxylic acid groups (broad SMARTS) is 1. The van der Waals surface area contributed by atoms with Gasteiger partial charge in [0.05, 0.1) is 12.5 Å². The van der Waals surface area contributed by atoms with Gasteiger partial charge in [-0.2, -0.15) is 0 Å². The Kier molecular flexibility index (Phi) is 10.6. The van der Waals surface area contributed by atoms with Gasteiger partial charge in [0.25, 0.3) is 0 Å². The number of fused-ring (bicyclic) bond motifs is 1. The SMILES string of the molecule is NC(=O)CC(N)C(=O)N1CCCC1C(=O)NC(Cc1c[nH]c2ccccc12)C(=O)NC(CCCN=C(N)N)C(=O)O. The topological polar surface area (TPSA) is 265 Å². The highest BCUT2D eigenvalue weighted by molar-refractivity contribution is 5.96. The third-order valence-electron chi connectivity index (χ3n) is 6.87. The van der Waals surface area contributed by atoms with Crippen LogP contribution in [0.4, 0.5) is 0 Å². The molecule has 1 aromatic carbocycles. The van der Waals surface area contributed by atoms with E-state index in [0.29, 0.717) is 19.3 Å². The van der Waals surface area contributed by atoms with E-state index < -0.39 is 53.8 Å². The summed E-state index contributed by atoms with van der Waals surface area (Å²) in [5.41, 5.74) is 23.2. The summed E-state index contributed by atoms with van der Waals surface area (Å²) in [6, 6.07) is 2.87. The molecule has 2 aromatic rings. The normalized spacial score (nSPS) is 16.9. The van der Waals surface area contributed by atoms with E-state index in [9.17, 15) is 29.1 Å². The second-order valence-corrected chi connectivity index (χ2v) is 9.94. The zero-order valence-electron chi connectivity index (χ0n) is 22.5. The molecule has 0 saturated carbocycles. The van der Waals surface area contributed by atoms with E-state index in [2.05, 4.69) is 20.6 Å². The fourth-order valence-corrected chi connectivity index (χ4v) is 4.85. The van der Waals surface area contributed by atoms with Gasteiger partial charge in [0.15, 0.2) is 5.96 Å². The molecule has 15 heteroatoms. The Hall–Kier alpha value is -4.66. The first-order valence-electron chi connectivity index (χ1n) is 13.3. The Balaban J connectivity index is 1.80. The van der Waals surface area contributed by atoms with Gasteiger partial charge < -0.3 is 48.6 Å². The summed E-state index contributed by atoms with van der Waals surface area (Å²) < 4.78 is 0. The number of hydrogen-bond donors (Lipinski definition) is 8. The number of amides is 4. The second-order valence-electron chi connectivity index (χ2n) is 9.94. The molecule has 0 spiro atoms. The van der Waals surface area contributed by atoms with Crippen LogP contribution in [0, 0.1) is 0 Å². The molecule has 12 N–H and O–H groups in total. The van der Waals surface area contributed by atoms with Crippen LogP contribution in [0.25, 0.3) is 10.9 Å². The van der Waals surface area contributed by atoms with Crippen molar-refractivity contribution in [1.82, 2.24) is 20.5 Å². The zero-order chi connectivity index (χ0) is 30.1. The number of benzene rings is 1. The number of nitrogens with zero attached hydrogens (tertiary/aromatic N) is 2. The predicted molar refractivity (Wildman–Crippen MR) is 150 cm³/mol. The van der Waals surface area contributed by atoms with Crippen LogP contribution < -0.4 is 33.6 Å². The molecule has 3 rings (SSSR count). The number of rotatable bonds is 14. The van der Waals surface area contributed by atoms with E-state index >= 15 is 0 Å². The van der Waals surface area contributed by atoms with Crippen LogP contribution in [0.5, 0.6) is 0 Å². The third-order valence-corrected chi connectivity index (χ3v) is 6.87. The van der Waals surface area contributed by atoms with Crippen LogP contribution in [0.3, 0.4) is 0 Å². The summed E-state index contributed by atoms with van der Waals surface area (Å²) in [6.07, 6.45) is 2.58. The fraction of sp³-hybridized carbons (Fsp3) is 0.462. The molecule has 4 amide bonds. The van der Waals surface area contributed by atoms with Gasteiger partial charge in [0.1, 0.15) is 18.1 Å². The van der Waals surface area contributed by atoms with Crippen LogP contribution in [0.1, 0.15) is 37.7 Å². The first-order chi connectivity index (χ1) is 19.5. The number of nitrogens with two attached hydrogens (primary N) is 4. The van der Waals surface area contributed by atoms with Crippen molar-refractivity contribution in [1.29, 1.82) is 0 Å². The zero-order valence-corrected chi connectivity index (χ0v) is 22.5. The molecular formula is C26H37N9O6. The minimum absolute atomic E-state index is 0.0454. The summed E-state index contributed by atoms with van der Waals surface area (Å²) in [6.45, 7) is 0.431. The lowest BCUT2D eigenvalue weighted by Crippen LogP contribution is -2.57. The minimum Gasteiger partial charge on any atom is -0.480 e.